The van der Waals surface area contributed by atoms with Crippen LogP contribution in [-0.4, -0.2) is 44.5 Å². The van der Waals surface area contributed by atoms with Gasteiger partial charge >= 0.3 is 0 Å². The third kappa shape index (κ3) is 2.01. The molecule has 5 nitrogen and oxygen atoms in total. The van der Waals surface area contributed by atoms with E-state index in [0.29, 0.717) is 13.0 Å². The van der Waals surface area contributed by atoms with Crippen molar-refractivity contribution in [2.24, 2.45) is 0 Å². The Morgan fingerprint density at radius 2 is 2.17 bits per heavy atom. The van der Waals surface area contributed by atoms with Gasteiger partial charge in [-0.3, -0.25) is 4.90 Å². The Balaban J connectivity index is 1.97. The third-order valence-electron chi connectivity index (χ3n) is 3.64. The summed E-state index contributed by atoms with van der Waals surface area (Å²) in [6.45, 7) is 0.648. The van der Waals surface area contributed by atoms with Gasteiger partial charge < -0.3 is 15.2 Å². The molecule has 0 aliphatic carbocycles. The van der Waals surface area contributed by atoms with Crippen LogP contribution >= 0.6 is 0 Å². The predicted octanol–water partition coefficient (Wildman–Crippen LogP) is 1.01. The number of aromatic amines is 1. The highest BCUT2D eigenvalue weighted by Crippen LogP contribution is 2.33. The van der Waals surface area contributed by atoms with Crippen LogP contribution in [0.1, 0.15) is 24.7 Å². The Labute approximate surface area is 105 Å². The summed E-state index contributed by atoms with van der Waals surface area (Å²) >= 11 is 0. The number of imidazole rings is 1. The van der Waals surface area contributed by atoms with Crippen LogP contribution in [0.25, 0.3) is 11.0 Å². The first-order valence-electron chi connectivity index (χ1n) is 6.15. The minimum atomic E-state index is -1.59. The van der Waals surface area contributed by atoms with Gasteiger partial charge in [-0.1, -0.05) is 12.1 Å². The predicted molar refractivity (Wildman–Crippen MR) is 67.9 cm³/mol. The van der Waals surface area contributed by atoms with Crippen molar-refractivity contribution in [3.63, 3.8) is 0 Å². The molecule has 1 atom stereocenters. The largest absolute Gasteiger partial charge is 0.365 e. The highest BCUT2D eigenvalue weighted by Gasteiger charge is 2.37. The molecule has 1 aliphatic rings. The fourth-order valence-corrected chi connectivity index (χ4v) is 2.51. The van der Waals surface area contributed by atoms with Crippen molar-refractivity contribution in [3.8, 4) is 0 Å². The standard InChI is InChI=1S/C13H17N3O2/c1-16-7-6-13(17,18)8-11(16)12-14-9-4-2-3-5-10(9)15-12/h2-5,11,17-18H,6-8H2,1H3,(H,14,15)/t11-/m0/s1. The van der Waals surface area contributed by atoms with Crippen LogP contribution in [-0.2, 0) is 0 Å². The first-order chi connectivity index (χ1) is 8.55. The highest BCUT2D eigenvalue weighted by atomic mass is 16.5. The molecule has 2 heterocycles. The summed E-state index contributed by atoms with van der Waals surface area (Å²) in [4.78, 5) is 9.89. The van der Waals surface area contributed by atoms with Crippen LogP contribution < -0.4 is 0 Å². The average Bonchev–Trinajstić information content (AvgIpc) is 2.76. The number of hydrogen-bond acceptors (Lipinski definition) is 4. The smallest absolute Gasteiger partial charge is 0.165 e. The summed E-state index contributed by atoms with van der Waals surface area (Å²) < 4.78 is 0. The lowest BCUT2D eigenvalue weighted by atomic mass is 9.96. The molecule has 18 heavy (non-hydrogen) atoms. The molecule has 2 aromatic rings. The molecule has 1 saturated heterocycles. The molecular formula is C13H17N3O2. The molecular weight excluding hydrogens is 230 g/mol. The maximum atomic E-state index is 9.79. The van der Waals surface area contributed by atoms with E-state index < -0.39 is 5.79 Å². The number of aromatic nitrogens is 2. The number of H-pyrrole nitrogens is 1. The highest BCUT2D eigenvalue weighted by molar-refractivity contribution is 5.74. The van der Waals surface area contributed by atoms with E-state index in [1.165, 1.54) is 0 Å². The van der Waals surface area contributed by atoms with Crippen LogP contribution in [0.5, 0.6) is 0 Å². The van der Waals surface area contributed by atoms with Crippen molar-refractivity contribution >= 4 is 11.0 Å². The number of aliphatic hydroxyl groups is 2. The summed E-state index contributed by atoms with van der Waals surface area (Å²) in [6, 6.07) is 7.74. The van der Waals surface area contributed by atoms with Gasteiger partial charge in [-0.15, -0.1) is 0 Å². The molecule has 3 rings (SSSR count). The van der Waals surface area contributed by atoms with E-state index in [4.69, 9.17) is 0 Å². The summed E-state index contributed by atoms with van der Waals surface area (Å²) in [7, 11) is 1.98. The Morgan fingerprint density at radius 1 is 1.39 bits per heavy atom. The second-order valence-corrected chi connectivity index (χ2v) is 5.07. The number of nitrogens with zero attached hydrogens (tertiary/aromatic N) is 2. The van der Waals surface area contributed by atoms with E-state index in [2.05, 4.69) is 14.9 Å². The number of para-hydroxylation sites is 2. The lowest BCUT2D eigenvalue weighted by molar-refractivity contribution is -0.199. The number of hydrogen-bond donors (Lipinski definition) is 3. The quantitative estimate of drug-likeness (QED) is 0.658. The van der Waals surface area contributed by atoms with Crippen molar-refractivity contribution in [2.45, 2.75) is 24.7 Å². The van der Waals surface area contributed by atoms with Gasteiger partial charge in [0.05, 0.1) is 17.1 Å². The lowest BCUT2D eigenvalue weighted by Gasteiger charge is -2.38. The van der Waals surface area contributed by atoms with Gasteiger partial charge in [0.1, 0.15) is 5.82 Å². The molecule has 0 saturated carbocycles. The SMILES string of the molecule is CN1CCC(O)(O)C[C@H]1c1nc2ccccc2[nH]1. The minimum Gasteiger partial charge on any atom is -0.365 e. The molecule has 0 radical (unpaired) electrons. The van der Waals surface area contributed by atoms with Gasteiger partial charge in [-0.2, -0.15) is 0 Å². The number of fused-ring (bicyclic) bond motifs is 1. The van der Waals surface area contributed by atoms with Crippen molar-refractivity contribution < 1.29 is 10.2 Å². The number of nitrogens with one attached hydrogen (secondary N) is 1. The first kappa shape index (κ1) is 11.6. The van der Waals surface area contributed by atoms with Crippen LogP contribution in [0.3, 0.4) is 0 Å². The molecule has 0 unspecified atom stereocenters. The van der Waals surface area contributed by atoms with E-state index in [1.54, 1.807) is 0 Å². The zero-order valence-corrected chi connectivity index (χ0v) is 10.3. The summed E-state index contributed by atoms with van der Waals surface area (Å²) in [5.41, 5.74) is 1.89. The van der Waals surface area contributed by atoms with Gasteiger partial charge in [0.15, 0.2) is 5.79 Å². The van der Waals surface area contributed by atoms with Gasteiger partial charge in [0, 0.05) is 19.4 Å². The van der Waals surface area contributed by atoms with E-state index in [0.717, 1.165) is 16.9 Å². The first-order valence-corrected chi connectivity index (χ1v) is 6.15. The topological polar surface area (TPSA) is 72.4 Å². The van der Waals surface area contributed by atoms with Crippen LogP contribution in [0.15, 0.2) is 24.3 Å². The molecule has 0 amide bonds. The number of benzene rings is 1. The molecule has 0 bridgehead atoms. The molecule has 1 fully saturated rings. The maximum absolute atomic E-state index is 9.79. The average molecular weight is 247 g/mol. The normalized spacial score (nSPS) is 24.5. The molecule has 1 aliphatic heterocycles. The monoisotopic (exact) mass is 247 g/mol. The molecule has 5 heteroatoms. The second-order valence-electron chi connectivity index (χ2n) is 5.07. The van der Waals surface area contributed by atoms with Gasteiger partial charge in [0.25, 0.3) is 0 Å². The van der Waals surface area contributed by atoms with Crippen molar-refractivity contribution in [1.29, 1.82) is 0 Å². The third-order valence-corrected chi connectivity index (χ3v) is 3.64. The van der Waals surface area contributed by atoms with Crippen molar-refractivity contribution in [3.05, 3.63) is 30.1 Å². The fourth-order valence-electron chi connectivity index (χ4n) is 2.51. The summed E-state index contributed by atoms with van der Waals surface area (Å²) in [5.74, 6) is -0.790. The van der Waals surface area contributed by atoms with Crippen molar-refractivity contribution in [1.82, 2.24) is 14.9 Å². The van der Waals surface area contributed by atoms with Gasteiger partial charge in [-0.05, 0) is 19.2 Å². The number of rotatable bonds is 1. The lowest BCUT2D eigenvalue weighted by Crippen LogP contribution is -2.44. The Morgan fingerprint density at radius 3 is 2.94 bits per heavy atom. The van der Waals surface area contributed by atoms with E-state index in [1.807, 2.05) is 31.3 Å². The molecule has 1 aromatic carbocycles. The van der Waals surface area contributed by atoms with E-state index in [9.17, 15) is 10.2 Å². The van der Waals surface area contributed by atoms with E-state index in [-0.39, 0.29) is 12.5 Å². The maximum Gasteiger partial charge on any atom is 0.165 e. The fraction of sp³-hybridized carbons (Fsp3) is 0.462. The van der Waals surface area contributed by atoms with Gasteiger partial charge in [0.2, 0.25) is 0 Å². The zero-order chi connectivity index (χ0) is 12.8. The molecule has 96 valence electrons. The van der Waals surface area contributed by atoms with Crippen molar-refractivity contribution in [2.75, 3.05) is 13.6 Å². The number of likely N-dealkylation sites (tertiary alicyclic amines) is 1. The van der Waals surface area contributed by atoms with Crippen LogP contribution in [0.4, 0.5) is 0 Å². The number of piperidine rings is 1. The minimum absolute atomic E-state index is 0.0823. The Bertz CT molecular complexity index is 531. The Kier molecular flexibility index (Phi) is 2.62. The molecule has 3 N–H and O–H groups in total. The Hall–Kier alpha value is -1.43. The molecule has 0 spiro atoms. The summed E-state index contributed by atoms with van der Waals surface area (Å²) in [6.07, 6.45) is 0.656. The van der Waals surface area contributed by atoms with E-state index >= 15 is 0 Å². The van der Waals surface area contributed by atoms with Crippen LogP contribution in [0, 0.1) is 0 Å². The zero-order valence-electron chi connectivity index (χ0n) is 10.3. The summed E-state index contributed by atoms with van der Waals surface area (Å²) in [5, 5.41) is 19.6. The second kappa shape index (κ2) is 4.05. The van der Waals surface area contributed by atoms with Crippen LogP contribution in [0.2, 0.25) is 0 Å². The molecule has 1 aromatic heterocycles. The van der Waals surface area contributed by atoms with Gasteiger partial charge in [-0.25, -0.2) is 4.98 Å².